The van der Waals surface area contributed by atoms with Crippen molar-refractivity contribution in [2.45, 2.75) is 58.4 Å². The van der Waals surface area contributed by atoms with Crippen LogP contribution in [-0.2, 0) is 10.0 Å². The number of nitrogens with two attached hydrogens (primary N) is 1. The predicted octanol–water partition coefficient (Wildman–Crippen LogP) is 3.00. The largest absolute Gasteiger partial charge is 0.398 e. The Balaban J connectivity index is 2.57. The molecular formula is C16H26N2O2S. The molecule has 1 aliphatic rings. The Morgan fingerprint density at radius 1 is 1.14 bits per heavy atom. The van der Waals surface area contributed by atoms with E-state index in [0.29, 0.717) is 28.6 Å². The minimum absolute atomic E-state index is 0.0486. The van der Waals surface area contributed by atoms with E-state index in [4.69, 9.17) is 5.73 Å². The maximum absolute atomic E-state index is 13.1. The molecule has 1 aromatic rings. The summed E-state index contributed by atoms with van der Waals surface area (Å²) in [4.78, 5) is 0.395. The Morgan fingerprint density at radius 3 is 2.38 bits per heavy atom. The van der Waals surface area contributed by atoms with Crippen molar-refractivity contribution in [2.24, 2.45) is 5.92 Å². The fourth-order valence-electron chi connectivity index (χ4n) is 3.28. The van der Waals surface area contributed by atoms with Crippen LogP contribution in [0.1, 0.15) is 43.4 Å². The van der Waals surface area contributed by atoms with Gasteiger partial charge >= 0.3 is 0 Å². The first-order valence-corrected chi connectivity index (χ1v) is 8.98. The number of hydrogen-bond acceptors (Lipinski definition) is 3. The number of piperidine rings is 1. The molecule has 1 aromatic carbocycles. The van der Waals surface area contributed by atoms with Gasteiger partial charge in [0, 0.05) is 18.3 Å². The van der Waals surface area contributed by atoms with E-state index in [-0.39, 0.29) is 6.04 Å². The van der Waals surface area contributed by atoms with Gasteiger partial charge in [0.2, 0.25) is 10.0 Å². The predicted molar refractivity (Wildman–Crippen MR) is 86.8 cm³/mol. The van der Waals surface area contributed by atoms with E-state index in [1.807, 2.05) is 26.8 Å². The van der Waals surface area contributed by atoms with Gasteiger partial charge in [0.05, 0.1) is 4.90 Å². The standard InChI is InChI=1S/C16H26N2O2S/c1-10-6-7-13(4)18(9-10)21(19,20)16-12(3)8-11(2)15(17)14(16)5/h8,10,13H,6-7,9,17H2,1-5H3. The molecule has 118 valence electrons. The van der Waals surface area contributed by atoms with Crippen molar-refractivity contribution in [1.82, 2.24) is 4.31 Å². The van der Waals surface area contributed by atoms with Gasteiger partial charge in [-0.2, -0.15) is 4.31 Å². The molecule has 1 fully saturated rings. The molecule has 1 aliphatic heterocycles. The van der Waals surface area contributed by atoms with Crippen molar-refractivity contribution in [3.8, 4) is 0 Å². The van der Waals surface area contributed by atoms with Gasteiger partial charge in [-0.05, 0) is 63.1 Å². The number of sulfonamides is 1. The number of rotatable bonds is 2. The third-order valence-corrected chi connectivity index (χ3v) is 6.86. The lowest BCUT2D eigenvalue weighted by Crippen LogP contribution is -2.45. The Morgan fingerprint density at radius 2 is 1.76 bits per heavy atom. The summed E-state index contributed by atoms with van der Waals surface area (Å²) in [6.07, 6.45) is 2.00. The summed E-state index contributed by atoms with van der Waals surface area (Å²) in [5, 5.41) is 0. The zero-order chi connectivity index (χ0) is 15.9. The van der Waals surface area contributed by atoms with Crippen LogP contribution >= 0.6 is 0 Å². The first-order chi connectivity index (χ1) is 9.66. The first-order valence-electron chi connectivity index (χ1n) is 7.54. The number of benzene rings is 1. The summed E-state index contributed by atoms with van der Waals surface area (Å²) in [7, 11) is -3.49. The normalized spacial score (nSPS) is 24.2. The highest BCUT2D eigenvalue weighted by atomic mass is 32.2. The smallest absolute Gasteiger partial charge is 0.243 e. The Kier molecular flexibility index (Phi) is 4.36. The van der Waals surface area contributed by atoms with Gasteiger partial charge in [-0.3, -0.25) is 0 Å². The highest BCUT2D eigenvalue weighted by Gasteiger charge is 2.35. The van der Waals surface area contributed by atoms with Gasteiger partial charge < -0.3 is 5.73 Å². The molecular weight excluding hydrogens is 284 g/mol. The van der Waals surface area contributed by atoms with Crippen molar-refractivity contribution in [1.29, 1.82) is 0 Å². The third-order valence-electron chi connectivity index (χ3n) is 4.59. The molecule has 2 rings (SSSR count). The summed E-state index contributed by atoms with van der Waals surface area (Å²) in [6.45, 7) is 10.3. The average molecular weight is 310 g/mol. The Hall–Kier alpha value is -1.07. The second-order valence-electron chi connectivity index (χ2n) is 6.48. The van der Waals surface area contributed by atoms with Crippen LogP contribution in [0.3, 0.4) is 0 Å². The van der Waals surface area contributed by atoms with E-state index in [2.05, 4.69) is 6.92 Å². The van der Waals surface area contributed by atoms with Gasteiger partial charge in [0.25, 0.3) is 0 Å². The van der Waals surface area contributed by atoms with E-state index in [0.717, 1.165) is 24.0 Å². The second-order valence-corrected chi connectivity index (χ2v) is 8.31. The summed E-state index contributed by atoms with van der Waals surface area (Å²) in [6, 6.07) is 1.92. The number of anilines is 1. The van der Waals surface area contributed by atoms with E-state index in [9.17, 15) is 8.42 Å². The number of aryl methyl sites for hydroxylation is 2. The van der Waals surface area contributed by atoms with Crippen LogP contribution < -0.4 is 5.73 Å². The molecule has 4 nitrogen and oxygen atoms in total. The lowest BCUT2D eigenvalue weighted by Gasteiger charge is -2.36. The summed E-state index contributed by atoms with van der Waals surface area (Å²) >= 11 is 0. The molecule has 0 amide bonds. The summed E-state index contributed by atoms with van der Waals surface area (Å²) in [5.74, 6) is 0.402. The van der Waals surface area contributed by atoms with Crippen LogP contribution in [0.5, 0.6) is 0 Å². The molecule has 5 heteroatoms. The molecule has 1 saturated heterocycles. The lowest BCUT2D eigenvalue weighted by atomic mass is 9.97. The van der Waals surface area contributed by atoms with E-state index >= 15 is 0 Å². The number of nitrogen functional groups attached to an aromatic ring is 1. The Labute approximate surface area is 128 Å². The molecule has 0 aromatic heterocycles. The van der Waals surface area contributed by atoms with Crippen LogP contribution in [0, 0.1) is 26.7 Å². The van der Waals surface area contributed by atoms with Gasteiger partial charge in [0.15, 0.2) is 0 Å². The molecule has 0 aliphatic carbocycles. The third kappa shape index (κ3) is 2.81. The van der Waals surface area contributed by atoms with Gasteiger partial charge in [-0.25, -0.2) is 8.42 Å². The van der Waals surface area contributed by atoms with Crippen LogP contribution in [0.2, 0.25) is 0 Å². The molecule has 0 spiro atoms. The summed E-state index contributed by atoms with van der Waals surface area (Å²) in [5.41, 5.74) is 9.03. The molecule has 21 heavy (non-hydrogen) atoms. The maximum Gasteiger partial charge on any atom is 0.243 e. The van der Waals surface area contributed by atoms with Crippen molar-refractivity contribution in [2.75, 3.05) is 12.3 Å². The van der Waals surface area contributed by atoms with E-state index in [1.54, 1.807) is 11.2 Å². The average Bonchev–Trinajstić information content (AvgIpc) is 2.38. The zero-order valence-corrected chi connectivity index (χ0v) is 14.4. The molecule has 2 atom stereocenters. The highest BCUT2D eigenvalue weighted by molar-refractivity contribution is 7.89. The van der Waals surface area contributed by atoms with Crippen molar-refractivity contribution in [3.63, 3.8) is 0 Å². The monoisotopic (exact) mass is 310 g/mol. The van der Waals surface area contributed by atoms with Gasteiger partial charge in [-0.15, -0.1) is 0 Å². The maximum atomic E-state index is 13.1. The zero-order valence-electron chi connectivity index (χ0n) is 13.6. The minimum atomic E-state index is -3.49. The van der Waals surface area contributed by atoms with Crippen LogP contribution in [0.25, 0.3) is 0 Å². The van der Waals surface area contributed by atoms with Crippen molar-refractivity contribution in [3.05, 3.63) is 22.8 Å². The number of nitrogens with zero attached hydrogens (tertiary/aromatic N) is 1. The van der Waals surface area contributed by atoms with Crippen LogP contribution in [0.15, 0.2) is 11.0 Å². The molecule has 1 heterocycles. The number of hydrogen-bond donors (Lipinski definition) is 1. The quantitative estimate of drug-likeness (QED) is 0.854. The van der Waals surface area contributed by atoms with Crippen molar-refractivity contribution >= 4 is 15.7 Å². The lowest BCUT2D eigenvalue weighted by molar-refractivity contribution is 0.218. The van der Waals surface area contributed by atoms with Gasteiger partial charge in [-0.1, -0.05) is 13.0 Å². The molecule has 0 radical (unpaired) electrons. The Bertz CT molecular complexity index is 653. The fraction of sp³-hybridized carbons (Fsp3) is 0.625. The van der Waals surface area contributed by atoms with Crippen LogP contribution in [-0.4, -0.2) is 25.3 Å². The molecule has 0 saturated carbocycles. The summed E-state index contributed by atoms with van der Waals surface area (Å²) < 4.78 is 27.9. The molecule has 2 N–H and O–H groups in total. The first kappa shape index (κ1) is 16.3. The van der Waals surface area contributed by atoms with Crippen molar-refractivity contribution < 1.29 is 8.42 Å². The molecule has 0 bridgehead atoms. The fourth-order valence-corrected chi connectivity index (χ4v) is 5.51. The van der Waals surface area contributed by atoms with Crippen LogP contribution in [0.4, 0.5) is 5.69 Å². The van der Waals surface area contributed by atoms with E-state index < -0.39 is 10.0 Å². The highest BCUT2D eigenvalue weighted by Crippen LogP contribution is 2.34. The topological polar surface area (TPSA) is 63.4 Å². The minimum Gasteiger partial charge on any atom is -0.398 e. The molecule has 2 unspecified atom stereocenters. The van der Waals surface area contributed by atoms with Gasteiger partial charge in [0.1, 0.15) is 0 Å². The second kappa shape index (κ2) is 5.61. The SMILES string of the molecule is Cc1cc(C)c(S(=O)(=O)N2CC(C)CCC2C)c(C)c1N. The van der Waals surface area contributed by atoms with E-state index in [1.165, 1.54) is 0 Å².